The standard InChI is InChI=1S/C12H17N3O4S/c1-7(9-4-3-5-20-9)15(2)12(19)14-8(11(17)18)6-10(13)16/h3-5,7-8H,6H2,1-2H3,(H2,13,16)(H,14,19)(H,17,18)/t7?,8-/m1/s1. The van der Waals surface area contributed by atoms with Gasteiger partial charge >= 0.3 is 12.0 Å². The van der Waals surface area contributed by atoms with Crippen molar-refractivity contribution in [1.29, 1.82) is 0 Å². The molecule has 1 aromatic rings. The summed E-state index contributed by atoms with van der Waals surface area (Å²) in [5.74, 6) is -2.08. The summed E-state index contributed by atoms with van der Waals surface area (Å²) in [4.78, 5) is 36.1. The van der Waals surface area contributed by atoms with Crippen molar-refractivity contribution in [2.45, 2.75) is 25.4 Å². The molecule has 7 nitrogen and oxygen atoms in total. The summed E-state index contributed by atoms with van der Waals surface area (Å²) in [6, 6.07) is 1.67. The van der Waals surface area contributed by atoms with Crippen LogP contribution in [0.4, 0.5) is 4.79 Å². The highest BCUT2D eigenvalue weighted by molar-refractivity contribution is 7.10. The van der Waals surface area contributed by atoms with E-state index in [1.165, 1.54) is 16.2 Å². The molecule has 0 aromatic carbocycles. The lowest BCUT2D eigenvalue weighted by Gasteiger charge is -2.26. The topological polar surface area (TPSA) is 113 Å². The number of primary amides is 1. The van der Waals surface area contributed by atoms with Crippen LogP contribution in [0, 0.1) is 0 Å². The Morgan fingerprint density at radius 1 is 1.50 bits per heavy atom. The molecule has 20 heavy (non-hydrogen) atoms. The Balaban J connectivity index is 2.68. The number of amides is 3. The Morgan fingerprint density at radius 3 is 2.60 bits per heavy atom. The van der Waals surface area contributed by atoms with E-state index in [1.807, 2.05) is 24.4 Å². The minimum absolute atomic E-state index is 0.196. The van der Waals surface area contributed by atoms with E-state index in [1.54, 1.807) is 7.05 Å². The van der Waals surface area contributed by atoms with Crippen molar-refractivity contribution in [2.24, 2.45) is 5.73 Å². The molecule has 0 fully saturated rings. The zero-order valence-corrected chi connectivity index (χ0v) is 12.0. The van der Waals surface area contributed by atoms with Gasteiger partial charge in [0, 0.05) is 11.9 Å². The lowest BCUT2D eigenvalue weighted by Crippen LogP contribution is -2.48. The van der Waals surface area contributed by atoms with Gasteiger partial charge in [-0.1, -0.05) is 6.07 Å². The van der Waals surface area contributed by atoms with E-state index < -0.39 is 30.4 Å². The summed E-state index contributed by atoms with van der Waals surface area (Å²) in [7, 11) is 1.56. The number of nitrogens with zero attached hydrogens (tertiary/aromatic N) is 1. The van der Waals surface area contributed by atoms with E-state index in [0.29, 0.717) is 0 Å². The van der Waals surface area contributed by atoms with E-state index in [-0.39, 0.29) is 6.04 Å². The molecule has 110 valence electrons. The van der Waals surface area contributed by atoms with Crippen LogP contribution in [0.15, 0.2) is 17.5 Å². The number of nitrogens with two attached hydrogens (primary N) is 1. The molecule has 1 heterocycles. The monoisotopic (exact) mass is 299 g/mol. The van der Waals surface area contributed by atoms with Crippen molar-refractivity contribution < 1.29 is 19.5 Å². The van der Waals surface area contributed by atoms with Crippen molar-refractivity contribution in [3.8, 4) is 0 Å². The van der Waals surface area contributed by atoms with E-state index in [9.17, 15) is 14.4 Å². The van der Waals surface area contributed by atoms with Crippen LogP contribution in [-0.2, 0) is 9.59 Å². The van der Waals surface area contributed by atoms with Gasteiger partial charge in [0.1, 0.15) is 6.04 Å². The van der Waals surface area contributed by atoms with Gasteiger partial charge in [-0.15, -0.1) is 11.3 Å². The van der Waals surface area contributed by atoms with E-state index in [0.717, 1.165) is 4.88 Å². The number of thiophene rings is 1. The van der Waals surface area contributed by atoms with Crippen molar-refractivity contribution in [2.75, 3.05) is 7.05 Å². The fraction of sp³-hybridized carbons (Fsp3) is 0.417. The number of urea groups is 1. The molecule has 2 atom stereocenters. The minimum Gasteiger partial charge on any atom is -0.480 e. The van der Waals surface area contributed by atoms with Crippen molar-refractivity contribution in [1.82, 2.24) is 10.2 Å². The molecule has 0 aliphatic heterocycles. The van der Waals surface area contributed by atoms with Crippen molar-refractivity contribution in [3.63, 3.8) is 0 Å². The third-order valence-electron chi connectivity index (χ3n) is 2.86. The van der Waals surface area contributed by atoms with Gasteiger partial charge in [0.25, 0.3) is 0 Å². The number of hydrogen-bond donors (Lipinski definition) is 3. The predicted octanol–water partition coefficient (Wildman–Crippen LogP) is 0.779. The predicted molar refractivity (Wildman–Crippen MR) is 74.3 cm³/mol. The molecule has 1 rings (SSSR count). The van der Waals surface area contributed by atoms with Crippen LogP contribution < -0.4 is 11.1 Å². The largest absolute Gasteiger partial charge is 0.480 e. The van der Waals surface area contributed by atoms with Crippen LogP contribution >= 0.6 is 11.3 Å². The Bertz CT molecular complexity index is 489. The van der Waals surface area contributed by atoms with Gasteiger partial charge in [-0.05, 0) is 18.4 Å². The van der Waals surface area contributed by atoms with Crippen LogP contribution in [0.5, 0.6) is 0 Å². The van der Waals surface area contributed by atoms with Crippen LogP contribution in [0.25, 0.3) is 0 Å². The molecule has 1 unspecified atom stereocenters. The lowest BCUT2D eigenvalue weighted by atomic mass is 10.2. The summed E-state index contributed by atoms with van der Waals surface area (Å²) in [6.45, 7) is 1.83. The average Bonchev–Trinajstić information content (AvgIpc) is 2.89. The molecule has 0 aliphatic rings. The first-order valence-electron chi connectivity index (χ1n) is 5.90. The van der Waals surface area contributed by atoms with E-state index >= 15 is 0 Å². The van der Waals surface area contributed by atoms with Crippen molar-refractivity contribution >= 4 is 29.2 Å². The van der Waals surface area contributed by atoms with E-state index in [2.05, 4.69) is 5.32 Å². The average molecular weight is 299 g/mol. The molecule has 0 aliphatic carbocycles. The molecule has 8 heteroatoms. The van der Waals surface area contributed by atoms with Gasteiger partial charge in [-0.25, -0.2) is 9.59 Å². The number of hydrogen-bond acceptors (Lipinski definition) is 4. The van der Waals surface area contributed by atoms with Crippen LogP contribution in [0.3, 0.4) is 0 Å². The maximum Gasteiger partial charge on any atom is 0.326 e. The number of aliphatic carboxylic acids is 1. The van der Waals surface area contributed by atoms with Gasteiger partial charge in [0.15, 0.2) is 0 Å². The Labute approximate surface area is 120 Å². The molecule has 0 saturated heterocycles. The molecule has 0 spiro atoms. The molecule has 0 radical (unpaired) electrons. The Kier molecular flexibility index (Phi) is 5.51. The molecule has 4 N–H and O–H groups in total. The van der Waals surface area contributed by atoms with Gasteiger partial charge in [-0.2, -0.15) is 0 Å². The smallest absolute Gasteiger partial charge is 0.326 e. The molecule has 0 bridgehead atoms. The second-order valence-corrected chi connectivity index (χ2v) is 5.29. The normalized spacial score (nSPS) is 13.3. The quantitative estimate of drug-likeness (QED) is 0.720. The second-order valence-electron chi connectivity index (χ2n) is 4.31. The number of rotatable bonds is 6. The molecular weight excluding hydrogens is 282 g/mol. The van der Waals surface area contributed by atoms with Gasteiger partial charge in [-0.3, -0.25) is 4.79 Å². The van der Waals surface area contributed by atoms with Crippen molar-refractivity contribution in [3.05, 3.63) is 22.4 Å². The van der Waals surface area contributed by atoms with Crippen LogP contribution in [0.1, 0.15) is 24.3 Å². The number of nitrogens with one attached hydrogen (secondary N) is 1. The van der Waals surface area contributed by atoms with Gasteiger partial charge in [0.05, 0.1) is 12.5 Å². The summed E-state index contributed by atoms with van der Waals surface area (Å²) in [5, 5.41) is 13.1. The number of carboxylic acids is 1. The first-order valence-corrected chi connectivity index (χ1v) is 6.78. The first kappa shape index (κ1) is 16.0. The summed E-state index contributed by atoms with van der Waals surface area (Å²) >= 11 is 1.50. The summed E-state index contributed by atoms with van der Waals surface area (Å²) < 4.78 is 0. The summed E-state index contributed by atoms with van der Waals surface area (Å²) in [5.41, 5.74) is 4.95. The van der Waals surface area contributed by atoms with Gasteiger partial charge < -0.3 is 21.1 Å². The maximum atomic E-state index is 12.0. The van der Waals surface area contributed by atoms with Gasteiger partial charge in [0.2, 0.25) is 5.91 Å². The lowest BCUT2D eigenvalue weighted by molar-refractivity contribution is -0.141. The highest BCUT2D eigenvalue weighted by Crippen LogP contribution is 2.23. The van der Waals surface area contributed by atoms with E-state index in [4.69, 9.17) is 10.8 Å². The SMILES string of the molecule is CC(c1cccs1)N(C)C(=O)N[C@H](CC(N)=O)C(=O)O. The third-order valence-corrected chi connectivity index (χ3v) is 3.90. The molecule has 1 aromatic heterocycles. The zero-order chi connectivity index (χ0) is 15.3. The highest BCUT2D eigenvalue weighted by atomic mass is 32.1. The first-order chi connectivity index (χ1) is 9.32. The number of carboxylic acid groups (broad SMARTS) is 1. The zero-order valence-electron chi connectivity index (χ0n) is 11.2. The third kappa shape index (κ3) is 4.23. The fourth-order valence-corrected chi connectivity index (χ4v) is 2.37. The maximum absolute atomic E-state index is 12.0. The second kappa shape index (κ2) is 6.90. The number of carbonyl (C=O) groups excluding carboxylic acids is 2. The fourth-order valence-electron chi connectivity index (χ4n) is 1.55. The molecular formula is C12H17N3O4S. The van der Waals surface area contributed by atoms with Crippen LogP contribution in [-0.4, -0.2) is 41.0 Å². The summed E-state index contributed by atoms with van der Waals surface area (Å²) in [6.07, 6.45) is -0.442. The highest BCUT2D eigenvalue weighted by Gasteiger charge is 2.25. The minimum atomic E-state index is -1.32. The molecule has 0 saturated carbocycles. The molecule has 3 amide bonds. The number of carbonyl (C=O) groups is 3. The Morgan fingerprint density at radius 2 is 2.15 bits per heavy atom. The van der Waals surface area contributed by atoms with Crippen LogP contribution in [0.2, 0.25) is 0 Å². The Hall–Kier alpha value is -2.09.